The molecule has 0 aromatic carbocycles. The molecule has 1 aromatic rings. The number of amides is 2. The molecule has 0 fully saturated rings. The number of anilines is 1. The maximum absolute atomic E-state index is 11.2. The van der Waals surface area contributed by atoms with Crippen LogP contribution in [0.4, 0.5) is 5.69 Å². The molecular weight excluding hydrogens is 240 g/mol. The maximum atomic E-state index is 11.2. The minimum absolute atomic E-state index is 0.0749. The lowest BCUT2D eigenvalue weighted by atomic mass is 10.3. The van der Waals surface area contributed by atoms with Gasteiger partial charge >= 0.3 is 5.97 Å². The summed E-state index contributed by atoms with van der Waals surface area (Å²) >= 11 is 0. The summed E-state index contributed by atoms with van der Waals surface area (Å²) in [5, 5.41) is 13.2. The first kappa shape index (κ1) is 13.4. The molecule has 0 saturated heterocycles. The van der Waals surface area contributed by atoms with Crippen LogP contribution in [0.15, 0.2) is 18.3 Å². The number of hydrogen-bond acceptors (Lipinski definition) is 5. The summed E-state index contributed by atoms with van der Waals surface area (Å²) in [7, 11) is 0. The van der Waals surface area contributed by atoms with E-state index in [-0.39, 0.29) is 12.2 Å². The number of hydrogen-bond donors (Lipinski definition) is 4. The summed E-state index contributed by atoms with van der Waals surface area (Å²) in [6, 6.07) is 2.95. The number of carbonyl (C=O) groups is 3. The van der Waals surface area contributed by atoms with Crippen LogP contribution in [0, 0.1) is 0 Å². The molecule has 0 spiro atoms. The van der Waals surface area contributed by atoms with Crippen molar-refractivity contribution in [3.8, 4) is 0 Å². The Bertz CT molecular complexity index is 475. The Kier molecular flexibility index (Phi) is 4.61. The standard InChI is InChI=1S/C10H12N4O4/c11-10(18)7-3-6(1-2-12-7)13-4-8(15)14-5-9(16)17/h1-3H,4-5H2,(H2,11,18)(H,12,13)(H,14,15)(H,16,17). The number of primary amides is 1. The highest BCUT2D eigenvalue weighted by molar-refractivity contribution is 5.91. The quantitative estimate of drug-likeness (QED) is 0.502. The molecule has 0 aliphatic heterocycles. The zero-order valence-electron chi connectivity index (χ0n) is 9.34. The van der Waals surface area contributed by atoms with Crippen LogP contribution in [-0.2, 0) is 9.59 Å². The van der Waals surface area contributed by atoms with Gasteiger partial charge in [-0.2, -0.15) is 0 Å². The zero-order chi connectivity index (χ0) is 13.5. The highest BCUT2D eigenvalue weighted by Gasteiger charge is 2.05. The minimum atomic E-state index is -1.12. The molecule has 5 N–H and O–H groups in total. The summed E-state index contributed by atoms with van der Waals surface area (Å²) in [6.07, 6.45) is 1.37. The number of carboxylic acid groups (broad SMARTS) is 1. The van der Waals surface area contributed by atoms with Crippen LogP contribution < -0.4 is 16.4 Å². The lowest BCUT2D eigenvalue weighted by Crippen LogP contribution is -2.33. The van der Waals surface area contributed by atoms with Crippen molar-refractivity contribution in [3.63, 3.8) is 0 Å². The lowest BCUT2D eigenvalue weighted by molar-refractivity contribution is -0.137. The molecule has 0 bridgehead atoms. The van der Waals surface area contributed by atoms with Crippen LogP contribution >= 0.6 is 0 Å². The predicted octanol–water partition coefficient (Wildman–Crippen LogP) is -1.21. The van der Waals surface area contributed by atoms with E-state index in [1.807, 2.05) is 0 Å². The van der Waals surface area contributed by atoms with Gasteiger partial charge in [-0.05, 0) is 12.1 Å². The van der Waals surface area contributed by atoms with Gasteiger partial charge in [0.1, 0.15) is 12.2 Å². The molecule has 0 unspecified atom stereocenters. The summed E-state index contributed by atoms with van der Waals surface area (Å²) in [5.41, 5.74) is 5.61. The molecule has 0 aliphatic carbocycles. The smallest absolute Gasteiger partial charge is 0.322 e. The van der Waals surface area contributed by atoms with E-state index in [1.54, 1.807) is 6.07 Å². The van der Waals surface area contributed by atoms with Gasteiger partial charge in [0.05, 0.1) is 6.54 Å². The molecule has 1 aromatic heterocycles. The van der Waals surface area contributed by atoms with Gasteiger partial charge in [-0.3, -0.25) is 19.4 Å². The Morgan fingerprint density at radius 1 is 1.33 bits per heavy atom. The molecule has 1 rings (SSSR count). The average Bonchev–Trinajstić information content (AvgIpc) is 2.34. The number of rotatable bonds is 6. The fourth-order valence-electron chi connectivity index (χ4n) is 1.09. The second-order valence-electron chi connectivity index (χ2n) is 3.32. The van der Waals surface area contributed by atoms with Gasteiger partial charge in [-0.25, -0.2) is 0 Å². The van der Waals surface area contributed by atoms with Gasteiger partial charge in [-0.1, -0.05) is 0 Å². The number of nitrogens with two attached hydrogens (primary N) is 1. The number of nitrogens with zero attached hydrogens (tertiary/aromatic N) is 1. The van der Waals surface area contributed by atoms with Crippen LogP contribution in [0.3, 0.4) is 0 Å². The molecule has 8 nitrogen and oxygen atoms in total. The SMILES string of the molecule is NC(=O)c1cc(NCC(=O)NCC(=O)O)ccn1. The van der Waals surface area contributed by atoms with Gasteiger partial charge in [0.15, 0.2) is 0 Å². The van der Waals surface area contributed by atoms with E-state index in [4.69, 9.17) is 10.8 Å². The van der Waals surface area contributed by atoms with E-state index < -0.39 is 24.3 Å². The molecule has 96 valence electrons. The first-order chi connectivity index (χ1) is 8.49. The number of aliphatic carboxylic acids is 1. The second-order valence-corrected chi connectivity index (χ2v) is 3.32. The maximum Gasteiger partial charge on any atom is 0.322 e. The number of pyridine rings is 1. The number of aromatic nitrogens is 1. The monoisotopic (exact) mass is 252 g/mol. The van der Waals surface area contributed by atoms with Crippen molar-refractivity contribution in [1.82, 2.24) is 10.3 Å². The molecule has 18 heavy (non-hydrogen) atoms. The molecule has 2 amide bonds. The predicted molar refractivity (Wildman–Crippen MR) is 61.9 cm³/mol. The third-order valence-corrected chi connectivity index (χ3v) is 1.90. The first-order valence-electron chi connectivity index (χ1n) is 4.97. The molecule has 0 saturated carbocycles. The normalized spacial score (nSPS) is 9.56. The van der Waals surface area contributed by atoms with E-state index in [1.165, 1.54) is 12.3 Å². The number of carbonyl (C=O) groups excluding carboxylic acids is 2. The number of carboxylic acids is 1. The first-order valence-corrected chi connectivity index (χ1v) is 4.97. The van der Waals surface area contributed by atoms with E-state index >= 15 is 0 Å². The van der Waals surface area contributed by atoms with Crippen molar-refractivity contribution in [2.24, 2.45) is 5.73 Å². The van der Waals surface area contributed by atoms with Gasteiger partial charge in [0, 0.05) is 11.9 Å². The van der Waals surface area contributed by atoms with Gasteiger partial charge in [0.2, 0.25) is 5.91 Å². The Balaban J connectivity index is 2.48. The molecule has 0 atom stereocenters. The summed E-state index contributed by atoms with van der Waals surface area (Å²) in [4.78, 5) is 36.0. The second kappa shape index (κ2) is 6.18. The molecule has 8 heteroatoms. The molecule has 0 aliphatic rings. The highest BCUT2D eigenvalue weighted by Crippen LogP contribution is 2.06. The average molecular weight is 252 g/mol. The van der Waals surface area contributed by atoms with Crippen molar-refractivity contribution in [2.45, 2.75) is 0 Å². The minimum Gasteiger partial charge on any atom is -0.480 e. The van der Waals surface area contributed by atoms with Crippen molar-refractivity contribution >= 4 is 23.5 Å². The molecular formula is C10H12N4O4. The summed E-state index contributed by atoms with van der Waals surface area (Å²) in [6.45, 7) is -0.557. The molecule has 0 radical (unpaired) electrons. The third-order valence-electron chi connectivity index (χ3n) is 1.90. The van der Waals surface area contributed by atoms with Crippen molar-refractivity contribution in [3.05, 3.63) is 24.0 Å². The van der Waals surface area contributed by atoms with Crippen LogP contribution in [0.1, 0.15) is 10.5 Å². The van der Waals surface area contributed by atoms with Crippen molar-refractivity contribution < 1.29 is 19.5 Å². The van der Waals surface area contributed by atoms with Crippen LogP contribution in [-0.4, -0.2) is 41.0 Å². The Hall–Kier alpha value is -2.64. The summed E-state index contributed by atoms with van der Waals surface area (Å²) < 4.78 is 0. The van der Waals surface area contributed by atoms with E-state index in [9.17, 15) is 14.4 Å². The Morgan fingerprint density at radius 2 is 2.06 bits per heavy atom. The van der Waals surface area contributed by atoms with E-state index in [0.717, 1.165) is 0 Å². The van der Waals surface area contributed by atoms with Crippen molar-refractivity contribution in [2.75, 3.05) is 18.4 Å². The van der Waals surface area contributed by atoms with Crippen LogP contribution in [0.2, 0.25) is 0 Å². The highest BCUT2D eigenvalue weighted by atomic mass is 16.4. The van der Waals surface area contributed by atoms with Crippen molar-refractivity contribution in [1.29, 1.82) is 0 Å². The van der Waals surface area contributed by atoms with E-state index in [0.29, 0.717) is 5.69 Å². The van der Waals surface area contributed by atoms with Crippen LogP contribution in [0.5, 0.6) is 0 Å². The fourth-order valence-corrected chi connectivity index (χ4v) is 1.09. The fraction of sp³-hybridized carbons (Fsp3) is 0.200. The van der Waals surface area contributed by atoms with Crippen LogP contribution in [0.25, 0.3) is 0 Å². The Morgan fingerprint density at radius 3 is 2.67 bits per heavy atom. The topological polar surface area (TPSA) is 134 Å². The third kappa shape index (κ3) is 4.47. The molecule has 1 heterocycles. The number of nitrogens with one attached hydrogen (secondary N) is 2. The van der Waals surface area contributed by atoms with Gasteiger partial charge in [-0.15, -0.1) is 0 Å². The largest absolute Gasteiger partial charge is 0.480 e. The summed E-state index contributed by atoms with van der Waals surface area (Å²) in [5.74, 6) is -2.27. The van der Waals surface area contributed by atoms with Gasteiger partial charge < -0.3 is 21.5 Å². The zero-order valence-corrected chi connectivity index (χ0v) is 9.34. The van der Waals surface area contributed by atoms with Gasteiger partial charge in [0.25, 0.3) is 5.91 Å². The Labute approximate surface area is 102 Å². The van der Waals surface area contributed by atoms with E-state index in [2.05, 4.69) is 15.6 Å². The lowest BCUT2D eigenvalue weighted by Gasteiger charge is -2.06.